The quantitative estimate of drug-likeness (QED) is 0.629. The predicted octanol–water partition coefficient (Wildman–Crippen LogP) is 5.41. The normalized spacial score (nSPS) is 10.6. The summed E-state index contributed by atoms with van der Waals surface area (Å²) in [7, 11) is 0. The zero-order valence-corrected chi connectivity index (χ0v) is 11.5. The molecule has 0 saturated heterocycles. The molecule has 3 rings (SSSR count). The smallest absolute Gasteiger partial charge is 0.166 e. The van der Waals surface area contributed by atoms with E-state index in [0.717, 1.165) is 16.4 Å². The van der Waals surface area contributed by atoms with E-state index in [2.05, 4.69) is 37.3 Å². The first-order valence-corrected chi connectivity index (χ1v) is 7.03. The molecule has 3 aromatic rings. The molecule has 1 aromatic heterocycles. The van der Waals surface area contributed by atoms with Gasteiger partial charge in [-0.05, 0) is 30.7 Å². The highest BCUT2D eigenvalue weighted by Crippen LogP contribution is 2.35. The van der Waals surface area contributed by atoms with E-state index >= 15 is 0 Å². The van der Waals surface area contributed by atoms with Crippen molar-refractivity contribution in [1.29, 1.82) is 0 Å². The third-order valence-corrected chi connectivity index (χ3v) is 3.80. The van der Waals surface area contributed by atoms with E-state index in [9.17, 15) is 0 Å². The zero-order valence-electron chi connectivity index (χ0n) is 10.7. The summed E-state index contributed by atoms with van der Waals surface area (Å²) in [5.74, 6) is 0.957. The third kappa shape index (κ3) is 2.74. The molecule has 0 atom stereocenters. The van der Waals surface area contributed by atoms with Crippen LogP contribution in [0.2, 0.25) is 0 Å². The van der Waals surface area contributed by atoms with Gasteiger partial charge in [0.05, 0.1) is 0 Å². The summed E-state index contributed by atoms with van der Waals surface area (Å²) in [6.07, 6.45) is 0. The first-order valence-electron chi connectivity index (χ1n) is 6.22. The minimum Gasteiger partial charge on any atom is -0.449 e. The van der Waals surface area contributed by atoms with Crippen LogP contribution in [-0.2, 0) is 0 Å². The van der Waals surface area contributed by atoms with E-state index in [0.29, 0.717) is 0 Å². The Bertz CT molecular complexity index is 656. The van der Waals surface area contributed by atoms with Crippen LogP contribution < -0.4 is 0 Å². The topological polar surface area (TPSA) is 13.1 Å². The van der Waals surface area contributed by atoms with Gasteiger partial charge < -0.3 is 4.42 Å². The van der Waals surface area contributed by atoms with Crippen molar-refractivity contribution in [3.63, 3.8) is 0 Å². The highest BCUT2D eigenvalue weighted by molar-refractivity contribution is 7.99. The fourth-order valence-corrected chi connectivity index (χ4v) is 2.87. The molecule has 0 bridgehead atoms. The van der Waals surface area contributed by atoms with Gasteiger partial charge in [-0.1, -0.05) is 60.3 Å². The Balaban J connectivity index is 1.90. The highest BCUT2D eigenvalue weighted by Gasteiger charge is 2.10. The SMILES string of the molecule is Cc1cc(Sc2ccccc2)oc1-c1ccccc1. The molecule has 0 fully saturated rings. The molecular weight excluding hydrogens is 252 g/mol. The van der Waals surface area contributed by atoms with Gasteiger partial charge in [0.1, 0.15) is 5.76 Å². The van der Waals surface area contributed by atoms with E-state index in [-0.39, 0.29) is 0 Å². The molecule has 0 spiro atoms. The predicted molar refractivity (Wildman–Crippen MR) is 79.4 cm³/mol. The average Bonchev–Trinajstić information content (AvgIpc) is 2.82. The van der Waals surface area contributed by atoms with Crippen LogP contribution in [0.25, 0.3) is 11.3 Å². The van der Waals surface area contributed by atoms with E-state index in [1.807, 2.05) is 36.4 Å². The van der Waals surface area contributed by atoms with Crippen LogP contribution in [0.3, 0.4) is 0 Å². The lowest BCUT2D eigenvalue weighted by Gasteiger charge is -1.98. The second-order valence-corrected chi connectivity index (χ2v) is 5.44. The highest BCUT2D eigenvalue weighted by atomic mass is 32.2. The number of furan rings is 1. The van der Waals surface area contributed by atoms with E-state index in [1.54, 1.807) is 11.8 Å². The molecule has 2 aromatic carbocycles. The van der Waals surface area contributed by atoms with Gasteiger partial charge in [-0.15, -0.1) is 0 Å². The molecule has 2 heteroatoms. The molecule has 1 heterocycles. The molecule has 94 valence electrons. The van der Waals surface area contributed by atoms with Crippen molar-refractivity contribution in [2.75, 3.05) is 0 Å². The second-order valence-electron chi connectivity index (χ2n) is 4.36. The minimum atomic E-state index is 0.933. The van der Waals surface area contributed by atoms with Gasteiger partial charge in [-0.3, -0.25) is 0 Å². The standard InChI is InChI=1S/C17H14OS/c1-13-12-16(19-15-10-6-3-7-11-15)18-17(13)14-8-4-2-5-9-14/h2-12H,1H3. The summed E-state index contributed by atoms with van der Waals surface area (Å²) in [4.78, 5) is 1.19. The zero-order chi connectivity index (χ0) is 13.1. The van der Waals surface area contributed by atoms with Gasteiger partial charge in [0, 0.05) is 10.5 Å². The van der Waals surface area contributed by atoms with Gasteiger partial charge >= 0.3 is 0 Å². The second kappa shape index (κ2) is 5.37. The summed E-state index contributed by atoms with van der Waals surface area (Å²) in [6.45, 7) is 2.08. The van der Waals surface area contributed by atoms with Gasteiger partial charge in [-0.2, -0.15) is 0 Å². The number of benzene rings is 2. The van der Waals surface area contributed by atoms with Crippen LogP contribution in [-0.4, -0.2) is 0 Å². The molecule has 0 N–H and O–H groups in total. The Morgan fingerprint density at radius 1 is 0.842 bits per heavy atom. The van der Waals surface area contributed by atoms with Crippen LogP contribution in [0.5, 0.6) is 0 Å². The Morgan fingerprint density at radius 2 is 1.47 bits per heavy atom. The van der Waals surface area contributed by atoms with Crippen molar-refractivity contribution in [2.24, 2.45) is 0 Å². The fraction of sp³-hybridized carbons (Fsp3) is 0.0588. The lowest BCUT2D eigenvalue weighted by atomic mass is 10.1. The van der Waals surface area contributed by atoms with Crippen LogP contribution >= 0.6 is 11.8 Å². The van der Waals surface area contributed by atoms with E-state index in [4.69, 9.17) is 4.42 Å². The van der Waals surface area contributed by atoms with Crippen LogP contribution in [0.4, 0.5) is 0 Å². The summed E-state index contributed by atoms with van der Waals surface area (Å²) in [6, 6.07) is 22.6. The van der Waals surface area contributed by atoms with E-state index < -0.39 is 0 Å². The molecule has 0 aliphatic rings. The molecule has 0 aliphatic carbocycles. The van der Waals surface area contributed by atoms with Gasteiger partial charge in [0.25, 0.3) is 0 Å². The third-order valence-electron chi connectivity index (χ3n) is 2.89. The van der Waals surface area contributed by atoms with Crippen molar-refractivity contribution in [3.05, 3.63) is 72.3 Å². The monoisotopic (exact) mass is 266 g/mol. The van der Waals surface area contributed by atoms with Crippen LogP contribution in [0.1, 0.15) is 5.56 Å². The average molecular weight is 266 g/mol. The van der Waals surface area contributed by atoms with Crippen molar-refractivity contribution in [3.8, 4) is 11.3 Å². The molecule has 0 unspecified atom stereocenters. The van der Waals surface area contributed by atoms with Crippen molar-refractivity contribution in [2.45, 2.75) is 16.9 Å². The number of rotatable bonds is 3. The minimum absolute atomic E-state index is 0.933. The Kier molecular flexibility index (Phi) is 3.43. The Hall–Kier alpha value is -1.93. The maximum atomic E-state index is 5.97. The summed E-state index contributed by atoms with van der Waals surface area (Å²) >= 11 is 1.65. The largest absolute Gasteiger partial charge is 0.449 e. The first-order chi connectivity index (χ1) is 9.33. The Morgan fingerprint density at radius 3 is 2.16 bits per heavy atom. The first kappa shape index (κ1) is 12.1. The molecule has 0 saturated carbocycles. The van der Waals surface area contributed by atoms with Crippen LogP contribution in [0.15, 0.2) is 81.1 Å². The maximum absolute atomic E-state index is 5.97. The molecular formula is C17H14OS. The van der Waals surface area contributed by atoms with Crippen molar-refractivity contribution < 1.29 is 4.42 Å². The maximum Gasteiger partial charge on any atom is 0.166 e. The molecule has 19 heavy (non-hydrogen) atoms. The van der Waals surface area contributed by atoms with Gasteiger partial charge in [0.2, 0.25) is 0 Å². The van der Waals surface area contributed by atoms with E-state index in [1.165, 1.54) is 10.5 Å². The number of hydrogen-bond donors (Lipinski definition) is 0. The molecule has 0 radical (unpaired) electrons. The molecule has 0 amide bonds. The van der Waals surface area contributed by atoms with Gasteiger partial charge in [0.15, 0.2) is 5.09 Å². The summed E-state index contributed by atoms with van der Waals surface area (Å²) < 4.78 is 5.97. The van der Waals surface area contributed by atoms with Crippen molar-refractivity contribution in [1.82, 2.24) is 0 Å². The lowest BCUT2D eigenvalue weighted by Crippen LogP contribution is -1.74. The summed E-state index contributed by atoms with van der Waals surface area (Å²) in [5, 5.41) is 0.933. The lowest BCUT2D eigenvalue weighted by molar-refractivity contribution is 0.487. The Labute approximate surface area is 117 Å². The van der Waals surface area contributed by atoms with Crippen molar-refractivity contribution >= 4 is 11.8 Å². The summed E-state index contributed by atoms with van der Waals surface area (Å²) in [5.41, 5.74) is 2.30. The van der Waals surface area contributed by atoms with Gasteiger partial charge in [-0.25, -0.2) is 0 Å². The number of hydrogen-bond acceptors (Lipinski definition) is 2. The number of aryl methyl sites for hydroxylation is 1. The van der Waals surface area contributed by atoms with Crippen LogP contribution in [0, 0.1) is 6.92 Å². The molecule has 0 aliphatic heterocycles. The molecule has 1 nitrogen and oxygen atoms in total. The fourth-order valence-electron chi connectivity index (χ4n) is 1.98.